The van der Waals surface area contributed by atoms with E-state index in [-0.39, 0.29) is 17.9 Å². The molecular formula is C17H25N3O2. The van der Waals surface area contributed by atoms with E-state index in [9.17, 15) is 9.59 Å². The predicted molar refractivity (Wildman–Crippen MR) is 87.7 cm³/mol. The van der Waals surface area contributed by atoms with Crippen molar-refractivity contribution in [2.75, 3.05) is 5.32 Å². The maximum atomic E-state index is 12.3. The highest BCUT2D eigenvalue weighted by molar-refractivity contribution is 5.99. The van der Waals surface area contributed by atoms with Crippen molar-refractivity contribution < 1.29 is 9.59 Å². The number of nitrogens with one attached hydrogen (secondary N) is 2. The minimum atomic E-state index is -0.758. The number of anilines is 1. The lowest BCUT2D eigenvalue weighted by molar-refractivity contribution is -0.122. The number of rotatable bonds is 4. The van der Waals surface area contributed by atoms with E-state index in [1.54, 1.807) is 24.3 Å². The molecule has 1 fully saturated rings. The van der Waals surface area contributed by atoms with Crippen molar-refractivity contribution in [2.24, 2.45) is 5.73 Å². The van der Waals surface area contributed by atoms with Crippen LogP contribution in [0.3, 0.4) is 0 Å². The van der Waals surface area contributed by atoms with Crippen molar-refractivity contribution in [2.45, 2.75) is 57.5 Å². The molecule has 0 aromatic heterocycles. The zero-order valence-electron chi connectivity index (χ0n) is 13.3. The molecule has 1 aromatic carbocycles. The lowest BCUT2D eigenvalue weighted by Gasteiger charge is -2.31. The molecule has 0 spiro atoms. The highest BCUT2D eigenvalue weighted by Crippen LogP contribution is 2.27. The number of hydrogen-bond donors (Lipinski definition) is 3. The smallest absolute Gasteiger partial charge is 0.251 e. The Labute approximate surface area is 131 Å². The molecule has 0 saturated heterocycles. The van der Waals surface area contributed by atoms with E-state index in [0.717, 1.165) is 32.1 Å². The third-order valence-corrected chi connectivity index (χ3v) is 4.02. The molecule has 22 heavy (non-hydrogen) atoms. The van der Waals surface area contributed by atoms with Crippen molar-refractivity contribution in [3.05, 3.63) is 29.8 Å². The fourth-order valence-electron chi connectivity index (χ4n) is 2.72. The molecule has 1 saturated carbocycles. The largest absolute Gasteiger partial charge is 0.350 e. The Kier molecular flexibility index (Phi) is 5.19. The van der Waals surface area contributed by atoms with Gasteiger partial charge in [0.25, 0.3) is 5.91 Å². The Morgan fingerprint density at radius 2 is 1.68 bits per heavy atom. The molecule has 4 N–H and O–H groups in total. The van der Waals surface area contributed by atoms with Gasteiger partial charge in [0.2, 0.25) is 5.91 Å². The second-order valence-corrected chi connectivity index (χ2v) is 6.38. The van der Waals surface area contributed by atoms with E-state index in [4.69, 9.17) is 5.73 Å². The molecule has 1 aromatic rings. The van der Waals surface area contributed by atoms with Crippen LogP contribution < -0.4 is 16.4 Å². The Bertz CT molecular complexity index is 531. The van der Waals surface area contributed by atoms with Gasteiger partial charge in [-0.1, -0.05) is 19.3 Å². The van der Waals surface area contributed by atoms with Crippen LogP contribution in [0.5, 0.6) is 0 Å². The number of hydrogen-bond acceptors (Lipinski definition) is 3. The second kappa shape index (κ2) is 6.92. The molecule has 0 aliphatic heterocycles. The Morgan fingerprint density at radius 1 is 1.09 bits per heavy atom. The van der Waals surface area contributed by atoms with Crippen molar-refractivity contribution in [1.29, 1.82) is 0 Å². The van der Waals surface area contributed by atoms with Crippen LogP contribution in [0.4, 0.5) is 5.69 Å². The van der Waals surface area contributed by atoms with Gasteiger partial charge in [-0.3, -0.25) is 9.59 Å². The molecule has 5 heteroatoms. The second-order valence-electron chi connectivity index (χ2n) is 6.38. The average molecular weight is 303 g/mol. The van der Waals surface area contributed by atoms with E-state index in [1.165, 1.54) is 0 Å². The highest BCUT2D eigenvalue weighted by atomic mass is 16.2. The zero-order valence-corrected chi connectivity index (χ0v) is 13.3. The summed E-state index contributed by atoms with van der Waals surface area (Å²) in [7, 11) is 0. The Morgan fingerprint density at radius 3 is 2.23 bits per heavy atom. The first-order valence-corrected chi connectivity index (χ1v) is 7.92. The lowest BCUT2D eigenvalue weighted by atomic mass is 9.82. The molecule has 0 heterocycles. The van der Waals surface area contributed by atoms with Gasteiger partial charge in [0.1, 0.15) is 0 Å². The summed E-state index contributed by atoms with van der Waals surface area (Å²) in [5, 5.41) is 5.69. The lowest BCUT2D eigenvalue weighted by Crippen LogP contribution is -2.52. The topological polar surface area (TPSA) is 84.2 Å². The first-order chi connectivity index (χ1) is 10.4. The maximum absolute atomic E-state index is 12.3. The molecule has 2 amide bonds. The SMILES string of the molecule is CC(C)NC(=O)c1ccc(NC(=O)C2(N)CCCCC2)cc1. The third-order valence-electron chi connectivity index (χ3n) is 4.02. The van der Waals surface area contributed by atoms with E-state index in [1.807, 2.05) is 13.8 Å². The molecule has 120 valence electrons. The van der Waals surface area contributed by atoms with E-state index in [2.05, 4.69) is 10.6 Å². The van der Waals surface area contributed by atoms with Crippen LogP contribution in [0.2, 0.25) is 0 Å². The molecule has 0 bridgehead atoms. The van der Waals surface area contributed by atoms with Crippen LogP contribution in [-0.4, -0.2) is 23.4 Å². The normalized spacial score (nSPS) is 17.1. The van der Waals surface area contributed by atoms with Gasteiger partial charge < -0.3 is 16.4 Å². The Balaban J connectivity index is 1.99. The van der Waals surface area contributed by atoms with Gasteiger partial charge in [-0.15, -0.1) is 0 Å². The minimum absolute atomic E-state index is 0.0929. The zero-order chi connectivity index (χ0) is 16.2. The maximum Gasteiger partial charge on any atom is 0.251 e. The summed E-state index contributed by atoms with van der Waals surface area (Å²) in [5.41, 5.74) is 6.69. The van der Waals surface area contributed by atoms with Gasteiger partial charge in [0, 0.05) is 17.3 Å². The third kappa shape index (κ3) is 4.07. The van der Waals surface area contributed by atoms with Gasteiger partial charge in [-0.05, 0) is 51.0 Å². The van der Waals surface area contributed by atoms with E-state index < -0.39 is 5.54 Å². The van der Waals surface area contributed by atoms with Crippen molar-refractivity contribution in [1.82, 2.24) is 5.32 Å². The van der Waals surface area contributed by atoms with Gasteiger partial charge in [-0.25, -0.2) is 0 Å². The summed E-state index contributed by atoms with van der Waals surface area (Å²) in [6.45, 7) is 3.83. The average Bonchev–Trinajstić information content (AvgIpc) is 2.48. The monoisotopic (exact) mass is 303 g/mol. The molecule has 0 radical (unpaired) electrons. The molecule has 0 unspecified atom stereocenters. The summed E-state index contributed by atoms with van der Waals surface area (Å²) >= 11 is 0. The van der Waals surface area contributed by atoms with Gasteiger partial charge >= 0.3 is 0 Å². The van der Waals surface area contributed by atoms with Crippen molar-refractivity contribution in [3.8, 4) is 0 Å². The van der Waals surface area contributed by atoms with Gasteiger partial charge in [-0.2, -0.15) is 0 Å². The molecule has 2 rings (SSSR count). The van der Waals surface area contributed by atoms with Crippen molar-refractivity contribution >= 4 is 17.5 Å². The first-order valence-electron chi connectivity index (χ1n) is 7.92. The molecular weight excluding hydrogens is 278 g/mol. The van der Waals surface area contributed by atoms with Gasteiger partial charge in [0.15, 0.2) is 0 Å². The van der Waals surface area contributed by atoms with Crippen LogP contribution in [0.1, 0.15) is 56.3 Å². The van der Waals surface area contributed by atoms with Crippen LogP contribution in [0, 0.1) is 0 Å². The number of nitrogens with two attached hydrogens (primary N) is 1. The summed E-state index contributed by atoms with van der Waals surface area (Å²) in [6, 6.07) is 6.98. The summed E-state index contributed by atoms with van der Waals surface area (Å²) in [6.07, 6.45) is 4.60. The van der Waals surface area contributed by atoms with Crippen LogP contribution >= 0.6 is 0 Å². The first kappa shape index (κ1) is 16.5. The van der Waals surface area contributed by atoms with Gasteiger partial charge in [0.05, 0.1) is 5.54 Å². The number of carbonyl (C=O) groups excluding carboxylic acids is 2. The predicted octanol–water partition coefficient (Wildman–Crippen LogP) is 2.42. The fraction of sp³-hybridized carbons (Fsp3) is 0.529. The van der Waals surface area contributed by atoms with Crippen LogP contribution in [0.25, 0.3) is 0 Å². The number of benzene rings is 1. The molecule has 0 atom stereocenters. The van der Waals surface area contributed by atoms with E-state index in [0.29, 0.717) is 11.3 Å². The Hall–Kier alpha value is -1.88. The molecule has 1 aliphatic rings. The van der Waals surface area contributed by atoms with Crippen LogP contribution in [0.15, 0.2) is 24.3 Å². The highest BCUT2D eigenvalue weighted by Gasteiger charge is 2.35. The minimum Gasteiger partial charge on any atom is -0.350 e. The standard InChI is InChI=1S/C17H25N3O2/c1-12(2)19-15(21)13-6-8-14(9-7-13)20-16(22)17(18)10-4-3-5-11-17/h6-9,12H,3-5,10-11,18H2,1-2H3,(H,19,21)(H,20,22). The van der Waals surface area contributed by atoms with Crippen LogP contribution in [-0.2, 0) is 4.79 Å². The number of amides is 2. The van der Waals surface area contributed by atoms with E-state index >= 15 is 0 Å². The number of carbonyl (C=O) groups is 2. The quantitative estimate of drug-likeness (QED) is 0.798. The van der Waals surface area contributed by atoms with Crippen molar-refractivity contribution in [3.63, 3.8) is 0 Å². The fourth-order valence-corrected chi connectivity index (χ4v) is 2.72. The summed E-state index contributed by atoms with van der Waals surface area (Å²) in [4.78, 5) is 24.2. The summed E-state index contributed by atoms with van der Waals surface area (Å²) in [5.74, 6) is -0.248. The molecule has 1 aliphatic carbocycles. The summed E-state index contributed by atoms with van der Waals surface area (Å²) < 4.78 is 0. The molecule has 5 nitrogen and oxygen atoms in total.